The van der Waals surface area contributed by atoms with Gasteiger partial charge in [-0.1, -0.05) is 79.7 Å². The predicted octanol–water partition coefficient (Wildman–Crippen LogP) is 4.62. The topological polar surface area (TPSA) is 156 Å². The van der Waals surface area contributed by atoms with E-state index in [0.29, 0.717) is 44.5 Å². The molecule has 5 rings (SSSR count). The number of nitriles is 1. The molecule has 2 heterocycles. The monoisotopic (exact) mass is 615 g/mol. The average molecular weight is 616 g/mol. The molecule has 2 N–H and O–H groups in total. The molecule has 2 atom stereocenters. The highest BCUT2D eigenvalue weighted by molar-refractivity contribution is 7.89. The number of rotatable bonds is 7. The molecule has 2 unspecified atom stereocenters. The van der Waals surface area contributed by atoms with Crippen molar-refractivity contribution >= 4 is 27.7 Å². The molecular formula is C33H33N3O7S. The molecule has 0 radical (unpaired) electrons. The number of carboxylic acid groups (broad SMARTS) is 2. The van der Waals surface area contributed by atoms with E-state index in [2.05, 4.69) is 6.07 Å². The van der Waals surface area contributed by atoms with E-state index in [1.807, 2.05) is 72.5 Å². The summed E-state index contributed by atoms with van der Waals surface area (Å²) in [5.74, 6) is -2.72. The minimum Gasteiger partial charge on any atom is -0.478 e. The van der Waals surface area contributed by atoms with Gasteiger partial charge in [-0.15, -0.1) is 0 Å². The second kappa shape index (κ2) is 13.8. The minimum atomic E-state index is -3.95. The van der Waals surface area contributed by atoms with E-state index in [-0.39, 0.29) is 16.2 Å². The van der Waals surface area contributed by atoms with Crippen LogP contribution in [0.4, 0.5) is 0 Å². The Morgan fingerprint density at radius 2 is 1.45 bits per heavy atom. The zero-order chi connectivity index (χ0) is 31.9. The van der Waals surface area contributed by atoms with E-state index >= 15 is 0 Å². The smallest absolute Gasteiger partial charge is 0.328 e. The first-order valence-electron chi connectivity index (χ1n) is 14.1. The quantitative estimate of drug-likeness (QED) is 0.362. The molecular weight excluding hydrogens is 582 g/mol. The molecule has 44 heavy (non-hydrogen) atoms. The summed E-state index contributed by atoms with van der Waals surface area (Å²) >= 11 is 0. The standard InChI is InChI=1S/C29H29N3O3S.C4H4O4/c1-2-25(22-11-5-3-6-12-22)32-28(27(33)24-15-9-10-16-26(24)36(32,34)35)31-19-17-29(21-30,18-20-31)23-13-7-4-8-14-23;5-3(6)1-2-4(7)8/h3-16,25,28H,2,17-20H2,1H3;1-2H,(H,5,6)(H,7,8). The van der Waals surface area contributed by atoms with E-state index in [1.54, 1.807) is 18.2 Å². The Labute approximate surface area is 256 Å². The van der Waals surface area contributed by atoms with Crippen molar-refractivity contribution in [2.75, 3.05) is 13.1 Å². The Kier molecular flexibility index (Phi) is 10.1. The normalized spacial score (nSPS) is 20.0. The lowest BCUT2D eigenvalue weighted by molar-refractivity contribution is -0.134. The van der Waals surface area contributed by atoms with Gasteiger partial charge in [0.15, 0.2) is 5.78 Å². The van der Waals surface area contributed by atoms with E-state index < -0.39 is 39.6 Å². The number of sulfonamides is 1. The number of hydrogen-bond acceptors (Lipinski definition) is 7. The average Bonchev–Trinajstić information content (AvgIpc) is 3.04. The van der Waals surface area contributed by atoms with Gasteiger partial charge in [0.05, 0.1) is 22.4 Å². The second-order valence-corrected chi connectivity index (χ2v) is 12.3. The zero-order valence-electron chi connectivity index (χ0n) is 24.1. The van der Waals surface area contributed by atoms with Gasteiger partial charge in [-0.05, 0) is 42.5 Å². The van der Waals surface area contributed by atoms with Gasteiger partial charge in [0.2, 0.25) is 10.0 Å². The molecule has 0 bridgehead atoms. The van der Waals surface area contributed by atoms with Gasteiger partial charge in [0, 0.05) is 30.8 Å². The lowest BCUT2D eigenvalue weighted by atomic mass is 9.74. The van der Waals surface area contributed by atoms with Gasteiger partial charge in [0.1, 0.15) is 6.17 Å². The Balaban J connectivity index is 0.000000488. The minimum absolute atomic E-state index is 0.0632. The highest BCUT2D eigenvalue weighted by Crippen LogP contribution is 2.42. The van der Waals surface area contributed by atoms with Crippen LogP contribution in [0, 0.1) is 11.3 Å². The first-order valence-corrected chi connectivity index (χ1v) is 15.6. The lowest BCUT2D eigenvalue weighted by Gasteiger charge is -2.47. The summed E-state index contributed by atoms with van der Waals surface area (Å²) in [4.78, 5) is 35.1. The molecule has 1 fully saturated rings. The Morgan fingerprint density at radius 3 is 1.98 bits per heavy atom. The third-order valence-corrected chi connectivity index (χ3v) is 9.89. The number of fused-ring (bicyclic) bond motifs is 1. The lowest BCUT2D eigenvalue weighted by Crippen LogP contribution is -2.61. The van der Waals surface area contributed by atoms with Crippen molar-refractivity contribution in [3.63, 3.8) is 0 Å². The van der Waals surface area contributed by atoms with Crippen LogP contribution in [0.25, 0.3) is 0 Å². The van der Waals surface area contributed by atoms with E-state index in [1.165, 1.54) is 10.4 Å². The first kappa shape index (κ1) is 32.3. The van der Waals surface area contributed by atoms with Crippen LogP contribution >= 0.6 is 0 Å². The molecule has 3 aromatic rings. The van der Waals surface area contributed by atoms with Gasteiger partial charge < -0.3 is 10.2 Å². The number of hydrogen-bond donors (Lipinski definition) is 2. The summed E-state index contributed by atoms with van der Waals surface area (Å²) in [5, 5.41) is 25.8. The molecule has 3 aromatic carbocycles. The molecule has 0 spiro atoms. The summed E-state index contributed by atoms with van der Waals surface area (Å²) in [5.41, 5.74) is 1.41. The fourth-order valence-electron chi connectivity index (χ4n) is 5.81. The van der Waals surface area contributed by atoms with Gasteiger partial charge >= 0.3 is 11.9 Å². The van der Waals surface area contributed by atoms with Crippen molar-refractivity contribution in [3.8, 4) is 6.07 Å². The summed E-state index contributed by atoms with van der Waals surface area (Å²) < 4.78 is 29.6. The summed E-state index contributed by atoms with van der Waals surface area (Å²) in [6.45, 7) is 2.83. The number of nitrogens with zero attached hydrogens (tertiary/aromatic N) is 3. The number of Topliss-reactive ketones (excluding diaryl/α,β-unsaturated/α-hetero) is 1. The van der Waals surface area contributed by atoms with Crippen molar-refractivity contribution in [1.29, 1.82) is 5.26 Å². The zero-order valence-corrected chi connectivity index (χ0v) is 24.9. The van der Waals surface area contributed by atoms with Crippen LogP contribution in [0.1, 0.15) is 53.7 Å². The summed E-state index contributed by atoms with van der Waals surface area (Å²) in [6.07, 6.45) is 1.73. The van der Waals surface area contributed by atoms with Crippen molar-refractivity contribution < 1.29 is 33.0 Å². The predicted molar refractivity (Wildman–Crippen MR) is 162 cm³/mol. The van der Waals surface area contributed by atoms with Crippen LogP contribution in [-0.2, 0) is 25.0 Å². The molecule has 10 nitrogen and oxygen atoms in total. The Bertz CT molecular complexity index is 1660. The maximum atomic E-state index is 14.1. The third-order valence-electron chi connectivity index (χ3n) is 7.97. The highest BCUT2D eigenvalue weighted by Gasteiger charge is 2.51. The fraction of sp³-hybridized carbons (Fsp3) is 0.273. The fourth-order valence-corrected chi connectivity index (χ4v) is 7.83. The second-order valence-electron chi connectivity index (χ2n) is 10.5. The Hall–Kier alpha value is -4.63. The van der Waals surface area contributed by atoms with Crippen molar-refractivity contribution in [1.82, 2.24) is 9.21 Å². The number of benzene rings is 3. The van der Waals surface area contributed by atoms with Crippen LogP contribution in [-0.4, -0.2) is 64.8 Å². The highest BCUT2D eigenvalue weighted by atomic mass is 32.2. The van der Waals surface area contributed by atoms with E-state index in [0.717, 1.165) is 11.1 Å². The number of carboxylic acids is 2. The number of carbonyl (C=O) groups excluding carboxylic acids is 1. The third kappa shape index (κ3) is 6.63. The van der Waals surface area contributed by atoms with E-state index in [9.17, 15) is 28.1 Å². The number of ketones is 1. The largest absolute Gasteiger partial charge is 0.478 e. The molecule has 2 aliphatic rings. The molecule has 0 amide bonds. The van der Waals surface area contributed by atoms with Crippen molar-refractivity contribution in [2.24, 2.45) is 0 Å². The van der Waals surface area contributed by atoms with E-state index in [4.69, 9.17) is 10.2 Å². The van der Waals surface area contributed by atoms with Gasteiger partial charge in [0.25, 0.3) is 0 Å². The molecule has 2 aliphatic heterocycles. The number of carbonyl (C=O) groups is 3. The van der Waals surface area contributed by atoms with Gasteiger partial charge in [-0.3, -0.25) is 9.69 Å². The number of aliphatic carboxylic acids is 2. The maximum Gasteiger partial charge on any atom is 0.328 e. The molecule has 11 heteroatoms. The van der Waals surface area contributed by atoms with Crippen molar-refractivity contribution in [2.45, 2.75) is 48.7 Å². The summed E-state index contributed by atoms with van der Waals surface area (Å²) in [6, 6.07) is 27.8. The van der Waals surface area contributed by atoms with Crippen LogP contribution in [0.15, 0.2) is 102 Å². The molecule has 1 saturated heterocycles. The van der Waals surface area contributed by atoms with Gasteiger partial charge in [-0.2, -0.15) is 9.57 Å². The number of piperidine rings is 1. The molecule has 0 aliphatic carbocycles. The molecule has 228 valence electrons. The molecule has 0 aromatic heterocycles. The Morgan fingerprint density at radius 1 is 0.932 bits per heavy atom. The van der Waals surface area contributed by atoms with Crippen molar-refractivity contribution in [3.05, 3.63) is 114 Å². The van der Waals surface area contributed by atoms with Gasteiger partial charge in [-0.25, -0.2) is 18.0 Å². The SMILES string of the molecule is CCC(c1ccccc1)N1C(N2CCC(C#N)(c3ccccc3)CC2)C(=O)c2ccccc2S1(=O)=O.O=C(O)C=CC(=O)O. The number of likely N-dealkylation sites (tertiary alicyclic amines) is 1. The maximum absolute atomic E-state index is 14.1. The van der Waals surface area contributed by atoms with Crippen LogP contribution in [0.3, 0.4) is 0 Å². The summed E-state index contributed by atoms with van der Waals surface area (Å²) in [7, 11) is -3.95. The molecule has 0 saturated carbocycles. The van der Waals surface area contributed by atoms with Crippen LogP contribution in [0.5, 0.6) is 0 Å². The van der Waals surface area contributed by atoms with Crippen LogP contribution in [0.2, 0.25) is 0 Å². The van der Waals surface area contributed by atoms with Crippen LogP contribution < -0.4 is 0 Å². The first-order chi connectivity index (χ1) is 21.1.